The number of aliphatic hydroxyl groups is 2. The Morgan fingerprint density at radius 3 is 2.69 bits per heavy atom. The molecule has 2 heterocycles. The summed E-state index contributed by atoms with van der Waals surface area (Å²) >= 11 is 0. The van der Waals surface area contributed by atoms with Crippen molar-refractivity contribution < 1.29 is 29.3 Å². The van der Waals surface area contributed by atoms with Crippen LogP contribution in [0.4, 0.5) is 0 Å². The maximum atomic E-state index is 13.2. The molecule has 3 saturated carbocycles. The summed E-state index contributed by atoms with van der Waals surface area (Å²) in [7, 11) is 0. The fraction of sp³-hybridized carbons (Fsp3) is 0.800. The van der Waals surface area contributed by atoms with Crippen LogP contribution < -0.4 is 0 Å². The van der Waals surface area contributed by atoms with Gasteiger partial charge in [0.2, 0.25) is 0 Å². The van der Waals surface area contributed by atoms with Gasteiger partial charge in [0, 0.05) is 17.3 Å². The first-order valence-electron chi connectivity index (χ1n) is 9.65. The van der Waals surface area contributed by atoms with Gasteiger partial charge in [-0.25, -0.2) is 0 Å². The summed E-state index contributed by atoms with van der Waals surface area (Å²) in [6, 6.07) is 0. The first-order chi connectivity index (χ1) is 12.3. The number of carbonyl (C=O) groups excluding carboxylic acids is 2. The lowest BCUT2D eigenvalue weighted by atomic mass is 9.44. The molecule has 6 nitrogen and oxygen atoms in total. The number of ether oxygens (including phenoxy) is 2. The highest BCUT2D eigenvalue weighted by Gasteiger charge is 2.75. The average molecular weight is 362 g/mol. The van der Waals surface area contributed by atoms with Crippen LogP contribution in [0.1, 0.15) is 39.0 Å². The summed E-state index contributed by atoms with van der Waals surface area (Å²) in [5.41, 5.74) is -1.76. The van der Waals surface area contributed by atoms with Crippen molar-refractivity contribution in [2.45, 2.75) is 51.4 Å². The van der Waals surface area contributed by atoms with E-state index in [-0.39, 0.29) is 29.6 Å². The zero-order valence-electron chi connectivity index (χ0n) is 15.1. The predicted octanol–water partition coefficient (Wildman–Crippen LogP) is 1.20. The van der Waals surface area contributed by atoms with E-state index in [1.807, 2.05) is 0 Å². The zero-order chi connectivity index (χ0) is 18.5. The Hall–Kier alpha value is -1.24. The highest BCUT2D eigenvalue weighted by molar-refractivity contribution is 6.15. The zero-order valence-corrected chi connectivity index (χ0v) is 15.1. The number of aliphatic hydroxyl groups excluding tert-OH is 2. The van der Waals surface area contributed by atoms with Gasteiger partial charge in [-0.15, -0.1) is 0 Å². The van der Waals surface area contributed by atoms with Gasteiger partial charge < -0.3 is 19.7 Å². The molecular formula is C20H26O6. The minimum Gasteiger partial charge on any atom is -0.464 e. The number of rotatable bonds is 0. The quantitative estimate of drug-likeness (QED) is 0.382. The van der Waals surface area contributed by atoms with E-state index in [1.165, 1.54) is 0 Å². The Labute approximate surface area is 152 Å². The van der Waals surface area contributed by atoms with Crippen molar-refractivity contribution in [1.82, 2.24) is 0 Å². The number of esters is 1. The number of ketones is 1. The lowest BCUT2D eigenvalue weighted by Gasteiger charge is -2.61. The van der Waals surface area contributed by atoms with Gasteiger partial charge in [0.1, 0.15) is 5.41 Å². The van der Waals surface area contributed by atoms with Crippen LogP contribution in [0, 0.1) is 34.0 Å². The molecule has 0 aromatic heterocycles. The molecule has 2 aliphatic heterocycles. The second-order valence-corrected chi connectivity index (χ2v) is 9.50. The first-order valence-corrected chi connectivity index (χ1v) is 9.65. The van der Waals surface area contributed by atoms with E-state index in [4.69, 9.17) is 9.47 Å². The van der Waals surface area contributed by atoms with Crippen molar-refractivity contribution in [3.05, 3.63) is 12.2 Å². The molecule has 0 radical (unpaired) electrons. The Balaban J connectivity index is 1.70. The normalized spacial score (nSPS) is 55.7. The van der Waals surface area contributed by atoms with E-state index in [1.54, 1.807) is 0 Å². The van der Waals surface area contributed by atoms with Gasteiger partial charge in [-0.1, -0.05) is 19.9 Å². The van der Waals surface area contributed by atoms with Gasteiger partial charge >= 0.3 is 5.97 Å². The molecule has 2 bridgehead atoms. The molecule has 8 unspecified atom stereocenters. The molecular weight excluding hydrogens is 336 g/mol. The molecule has 8 atom stereocenters. The SMILES string of the molecule is C=C1C(=O)C23CC1CC(O)C2C1(CCCC2(C)COC(O)C21)COC3=O. The van der Waals surface area contributed by atoms with Crippen molar-refractivity contribution in [3.8, 4) is 0 Å². The standard InChI is InChI=1S/C20H26O6/c1-10-11-6-12(21)13-19(9-26-17(24)20(13,7-11)15(10)22)5-3-4-18(2)8-25-16(23)14(18)19/h11-14,16,21,23H,1,3-9H2,2H3. The third-order valence-corrected chi connectivity index (χ3v) is 8.28. The lowest BCUT2D eigenvalue weighted by Crippen LogP contribution is -2.67. The monoisotopic (exact) mass is 362 g/mol. The van der Waals surface area contributed by atoms with Crippen molar-refractivity contribution in [2.24, 2.45) is 34.0 Å². The van der Waals surface area contributed by atoms with E-state index in [2.05, 4.69) is 13.5 Å². The molecule has 5 fully saturated rings. The van der Waals surface area contributed by atoms with Crippen LogP contribution in [0.2, 0.25) is 0 Å². The largest absolute Gasteiger partial charge is 0.464 e. The van der Waals surface area contributed by atoms with Crippen molar-refractivity contribution in [2.75, 3.05) is 13.2 Å². The Kier molecular flexibility index (Phi) is 3.23. The summed E-state index contributed by atoms with van der Waals surface area (Å²) in [6.07, 6.45) is 1.63. The topological polar surface area (TPSA) is 93.1 Å². The van der Waals surface area contributed by atoms with Crippen LogP contribution in [-0.2, 0) is 19.1 Å². The van der Waals surface area contributed by atoms with Gasteiger partial charge in [-0.05, 0) is 42.6 Å². The highest BCUT2D eigenvalue weighted by atomic mass is 16.6. The van der Waals surface area contributed by atoms with E-state index in [9.17, 15) is 19.8 Å². The fourth-order valence-corrected chi connectivity index (χ4v) is 7.42. The van der Waals surface area contributed by atoms with E-state index in [0.717, 1.165) is 19.3 Å². The summed E-state index contributed by atoms with van der Waals surface area (Å²) in [5.74, 6) is -1.72. The number of hydrogen-bond acceptors (Lipinski definition) is 6. The van der Waals surface area contributed by atoms with Crippen LogP contribution >= 0.6 is 0 Å². The average Bonchev–Trinajstić information content (AvgIpc) is 3.01. The maximum absolute atomic E-state index is 13.2. The second kappa shape index (κ2) is 4.97. The molecule has 142 valence electrons. The Bertz CT molecular complexity index is 713. The molecule has 0 aromatic carbocycles. The lowest BCUT2D eigenvalue weighted by molar-refractivity contribution is -0.241. The molecule has 3 aliphatic carbocycles. The Morgan fingerprint density at radius 2 is 1.92 bits per heavy atom. The van der Waals surface area contributed by atoms with Crippen LogP contribution in [0.15, 0.2) is 12.2 Å². The summed E-state index contributed by atoms with van der Waals surface area (Å²) < 4.78 is 11.3. The predicted molar refractivity (Wildman–Crippen MR) is 89.6 cm³/mol. The second-order valence-electron chi connectivity index (χ2n) is 9.50. The number of cyclic esters (lactones) is 1. The summed E-state index contributed by atoms with van der Waals surface area (Å²) in [5, 5.41) is 21.8. The minimum atomic E-state index is -1.34. The smallest absolute Gasteiger partial charge is 0.320 e. The first kappa shape index (κ1) is 16.9. The van der Waals surface area contributed by atoms with E-state index >= 15 is 0 Å². The van der Waals surface area contributed by atoms with Crippen LogP contribution in [-0.4, -0.2) is 47.6 Å². The number of Topliss-reactive ketones (excluding diaryl/α,β-unsaturated/α-hetero) is 1. The molecule has 26 heavy (non-hydrogen) atoms. The van der Waals surface area contributed by atoms with Crippen LogP contribution in [0.25, 0.3) is 0 Å². The van der Waals surface area contributed by atoms with Crippen LogP contribution in [0.5, 0.6) is 0 Å². The van der Waals surface area contributed by atoms with Gasteiger partial charge in [-0.3, -0.25) is 9.59 Å². The molecule has 2 spiro atoms. The molecule has 2 N–H and O–H groups in total. The van der Waals surface area contributed by atoms with Crippen LogP contribution in [0.3, 0.4) is 0 Å². The van der Waals surface area contributed by atoms with E-state index < -0.39 is 35.1 Å². The third-order valence-electron chi connectivity index (χ3n) is 8.28. The van der Waals surface area contributed by atoms with Crippen molar-refractivity contribution >= 4 is 11.8 Å². The molecule has 0 amide bonds. The number of hydrogen-bond donors (Lipinski definition) is 2. The third kappa shape index (κ3) is 1.69. The van der Waals surface area contributed by atoms with Crippen molar-refractivity contribution in [1.29, 1.82) is 0 Å². The highest BCUT2D eigenvalue weighted by Crippen LogP contribution is 2.69. The summed E-state index contributed by atoms with van der Waals surface area (Å²) in [4.78, 5) is 26.1. The Morgan fingerprint density at radius 1 is 1.15 bits per heavy atom. The van der Waals surface area contributed by atoms with Gasteiger partial charge in [0.25, 0.3) is 0 Å². The van der Waals surface area contributed by atoms with Crippen molar-refractivity contribution in [3.63, 3.8) is 0 Å². The number of allylic oxidation sites excluding steroid dienone is 1. The minimum absolute atomic E-state index is 0.139. The molecule has 6 heteroatoms. The van der Waals surface area contributed by atoms with E-state index in [0.29, 0.717) is 25.0 Å². The summed E-state index contributed by atoms with van der Waals surface area (Å²) in [6.45, 7) is 6.61. The van der Waals surface area contributed by atoms with Gasteiger partial charge in [0.15, 0.2) is 12.1 Å². The molecule has 5 rings (SSSR count). The molecule has 0 aromatic rings. The number of carbonyl (C=O) groups is 2. The fourth-order valence-electron chi connectivity index (χ4n) is 7.42. The molecule has 5 aliphatic rings. The maximum Gasteiger partial charge on any atom is 0.320 e. The van der Waals surface area contributed by atoms with Gasteiger partial charge in [0.05, 0.1) is 19.3 Å². The number of fused-ring (bicyclic) bond motifs is 4. The molecule has 2 saturated heterocycles. The van der Waals surface area contributed by atoms with Gasteiger partial charge in [-0.2, -0.15) is 0 Å².